The summed E-state index contributed by atoms with van der Waals surface area (Å²) in [6.07, 6.45) is 2.51. The Morgan fingerprint density at radius 3 is 2.61 bits per heavy atom. The van der Waals surface area contributed by atoms with Crippen molar-refractivity contribution in [2.75, 3.05) is 0 Å². The molecule has 0 saturated carbocycles. The molecule has 0 radical (unpaired) electrons. The first-order chi connectivity index (χ1) is 8.41. The topological polar surface area (TPSA) is 93.7 Å². The van der Waals surface area contributed by atoms with E-state index in [2.05, 4.69) is 4.99 Å². The largest absolute Gasteiger partial charge is 0.478 e. The van der Waals surface area contributed by atoms with Crippen molar-refractivity contribution >= 4 is 17.5 Å². The number of fused-ring (bicyclic) bond motifs is 1. The van der Waals surface area contributed by atoms with Crippen LogP contribution in [0.25, 0.3) is 0 Å². The molecule has 2 rings (SSSR count). The van der Waals surface area contributed by atoms with E-state index in [-0.39, 0.29) is 6.42 Å². The molecule has 94 valence electrons. The third-order valence-electron chi connectivity index (χ3n) is 2.75. The molecule has 0 spiro atoms. The number of aliphatic imine (C=N–C) groups is 1. The standard InChI is InChI=1S/C11H11N3O4/c1-13-9-7(10(17)14(2)11(13)18)5-6(12-9)3-4-8(15)16/h3-4H,5H2,1-2H3,(H,15,16)/b4-3+. The Bertz CT molecular complexity index is 706. The molecule has 0 amide bonds. The fraction of sp³-hybridized carbons (Fsp3) is 0.273. The first kappa shape index (κ1) is 12.0. The maximum Gasteiger partial charge on any atom is 0.332 e. The van der Waals surface area contributed by atoms with Gasteiger partial charge in [0.1, 0.15) is 5.82 Å². The van der Waals surface area contributed by atoms with Crippen LogP contribution in [0.1, 0.15) is 5.56 Å². The minimum atomic E-state index is -1.09. The van der Waals surface area contributed by atoms with Crippen LogP contribution in [0.4, 0.5) is 5.82 Å². The summed E-state index contributed by atoms with van der Waals surface area (Å²) in [4.78, 5) is 38.0. The predicted octanol–water partition coefficient (Wildman–Crippen LogP) is -0.647. The van der Waals surface area contributed by atoms with Crippen LogP contribution in [0.5, 0.6) is 0 Å². The highest BCUT2D eigenvalue weighted by Gasteiger charge is 2.21. The fourth-order valence-corrected chi connectivity index (χ4v) is 1.82. The predicted molar refractivity (Wildman–Crippen MR) is 64.5 cm³/mol. The van der Waals surface area contributed by atoms with Gasteiger partial charge >= 0.3 is 11.7 Å². The molecule has 0 fully saturated rings. The van der Waals surface area contributed by atoms with E-state index in [1.807, 2.05) is 0 Å². The van der Waals surface area contributed by atoms with E-state index >= 15 is 0 Å². The Balaban J connectivity index is 2.55. The van der Waals surface area contributed by atoms with E-state index in [1.54, 1.807) is 0 Å². The molecule has 1 N–H and O–H groups in total. The van der Waals surface area contributed by atoms with Crippen molar-refractivity contribution < 1.29 is 9.90 Å². The molecule has 0 saturated heterocycles. The Labute approximate surface area is 101 Å². The number of carboxylic acid groups (broad SMARTS) is 1. The van der Waals surface area contributed by atoms with Gasteiger partial charge in [-0.25, -0.2) is 14.6 Å². The van der Waals surface area contributed by atoms with Crippen LogP contribution in [0, 0.1) is 0 Å². The summed E-state index contributed by atoms with van der Waals surface area (Å²) >= 11 is 0. The minimum absolute atomic E-state index is 0.236. The van der Waals surface area contributed by atoms with Crippen LogP contribution in [-0.2, 0) is 25.3 Å². The van der Waals surface area contributed by atoms with Gasteiger partial charge in [-0.15, -0.1) is 0 Å². The molecular weight excluding hydrogens is 238 g/mol. The fourth-order valence-electron chi connectivity index (χ4n) is 1.82. The average Bonchev–Trinajstić information content (AvgIpc) is 2.75. The number of hydrogen-bond acceptors (Lipinski definition) is 4. The van der Waals surface area contributed by atoms with E-state index < -0.39 is 17.2 Å². The minimum Gasteiger partial charge on any atom is -0.478 e. The molecule has 1 aliphatic heterocycles. The molecule has 0 unspecified atom stereocenters. The molecule has 0 atom stereocenters. The average molecular weight is 249 g/mol. The molecule has 2 heterocycles. The Morgan fingerprint density at radius 1 is 1.33 bits per heavy atom. The van der Waals surface area contributed by atoms with Gasteiger partial charge in [0.05, 0.1) is 5.56 Å². The SMILES string of the molecule is Cn1c2c(c(=O)n(C)c1=O)CC(/C=C/C(=O)O)=N2. The van der Waals surface area contributed by atoms with Gasteiger partial charge in [0.25, 0.3) is 5.56 Å². The van der Waals surface area contributed by atoms with Crippen molar-refractivity contribution in [1.82, 2.24) is 9.13 Å². The molecule has 7 heteroatoms. The number of hydrogen-bond donors (Lipinski definition) is 1. The van der Waals surface area contributed by atoms with E-state index in [9.17, 15) is 14.4 Å². The van der Waals surface area contributed by atoms with Gasteiger partial charge < -0.3 is 5.11 Å². The highest BCUT2D eigenvalue weighted by Crippen LogP contribution is 2.21. The molecule has 0 bridgehead atoms. The van der Waals surface area contributed by atoms with Gasteiger partial charge in [-0.3, -0.25) is 13.9 Å². The normalized spacial score (nSPS) is 13.8. The first-order valence-corrected chi connectivity index (χ1v) is 5.19. The Hall–Kier alpha value is -2.44. The lowest BCUT2D eigenvalue weighted by Crippen LogP contribution is -2.38. The number of rotatable bonds is 2. The van der Waals surface area contributed by atoms with Crippen molar-refractivity contribution in [3.05, 3.63) is 38.6 Å². The second-order valence-electron chi connectivity index (χ2n) is 3.96. The van der Waals surface area contributed by atoms with Gasteiger partial charge in [0.15, 0.2) is 0 Å². The van der Waals surface area contributed by atoms with Crippen LogP contribution < -0.4 is 11.2 Å². The van der Waals surface area contributed by atoms with E-state index in [0.717, 1.165) is 10.6 Å². The molecule has 0 aliphatic carbocycles. The van der Waals surface area contributed by atoms with Crippen molar-refractivity contribution in [2.24, 2.45) is 19.1 Å². The van der Waals surface area contributed by atoms with Gasteiger partial charge in [0.2, 0.25) is 0 Å². The maximum atomic E-state index is 11.9. The zero-order valence-corrected chi connectivity index (χ0v) is 9.88. The van der Waals surface area contributed by atoms with Gasteiger partial charge in [-0.1, -0.05) is 0 Å². The van der Waals surface area contributed by atoms with Crippen molar-refractivity contribution in [3.8, 4) is 0 Å². The smallest absolute Gasteiger partial charge is 0.332 e. The van der Waals surface area contributed by atoms with Crippen LogP contribution in [0.15, 0.2) is 26.7 Å². The lowest BCUT2D eigenvalue weighted by atomic mass is 10.2. The molecule has 1 aromatic rings. The molecule has 1 aromatic heterocycles. The number of carbonyl (C=O) groups is 1. The summed E-state index contributed by atoms with van der Waals surface area (Å²) in [5.41, 5.74) is 0.0110. The molecular formula is C11H11N3O4. The number of aliphatic carboxylic acids is 1. The number of nitrogens with zero attached hydrogens (tertiary/aromatic N) is 3. The van der Waals surface area contributed by atoms with E-state index in [4.69, 9.17) is 5.11 Å². The summed E-state index contributed by atoms with van der Waals surface area (Å²) in [7, 11) is 2.92. The second kappa shape index (κ2) is 4.10. The summed E-state index contributed by atoms with van der Waals surface area (Å²) in [6, 6.07) is 0. The van der Waals surface area contributed by atoms with Crippen LogP contribution in [0.3, 0.4) is 0 Å². The highest BCUT2D eigenvalue weighted by atomic mass is 16.4. The van der Waals surface area contributed by atoms with Gasteiger partial charge in [-0.2, -0.15) is 0 Å². The second-order valence-corrected chi connectivity index (χ2v) is 3.96. The Morgan fingerprint density at radius 2 is 2.00 bits per heavy atom. The lowest BCUT2D eigenvalue weighted by Gasteiger charge is -2.05. The van der Waals surface area contributed by atoms with Gasteiger partial charge in [0, 0.05) is 32.3 Å². The third kappa shape index (κ3) is 1.79. The zero-order valence-electron chi connectivity index (χ0n) is 9.88. The molecule has 1 aliphatic rings. The number of allylic oxidation sites excluding steroid dienone is 1. The highest BCUT2D eigenvalue weighted by molar-refractivity contribution is 6.04. The molecule has 7 nitrogen and oxygen atoms in total. The zero-order chi connectivity index (χ0) is 13.4. The quantitative estimate of drug-likeness (QED) is 0.705. The monoisotopic (exact) mass is 249 g/mol. The Kier molecular flexibility index (Phi) is 2.74. The summed E-state index contributed by atoms with van der Waals surface area (Å²) < 4.78 is 2.29. The molecule has 0 aromatic carbocycles. The van der Waals surface area contributed by atoms with Crippen LogP contribution in [0.2, 0.25) is 0 Å². The lowest BCUT2D eigenvalue weighted by molar-refractivity contribution is -0.131. The molecule has 18 heavy (non-hydrogen) atoms. The van der Waals surface area contributed by atoms with Crippen molar-refractivity contribution in [2.45, 2.75) is 6.42 Å². The maximum absolute atomic E-state index is 11.9. The summed E-state index contributed by atoms with van der Waals surface area (Å²) in [6.45, 7) is 0. The van der Waals surface area contributed by atoms with Crippen LogP contribution >= 0.6 is 0 Å². The van der Waals surface area contributed by atoms with Crippen molar-refractivity contribution in [3.63, 3.8) is 0 Å². The number of carboxylic acids is 1. The summed E-state index contributed by atoms with van der Waals surface area (Å²) in [5, 5.41) is 8.53. The van der Waals surface area contributed by atoms with Crippen molar-refractivity contribution in [1.29, 1.82) is 0 Å². The van der Waals surface area contributed by atoms with E-state index in [1.165, 1.54) is 24.7 Å². The number of aromatic nitrogens is 2. The summed E-state index contributed by atoms with van der Waals surface area (Å²) in [5.74, 6) is -0.788. The van der Waals surface area contributed by atoms with Crippen LogP contribution in [-0.4, -0.2) is 25.9 Å². The van der Waals surface area contributed by atoms with E-state index in [0.29, 0.717) is 17.1 Å². The van der Waals surface area contributed by atoms with Gasteiger partial charge in [-0.05, 0) is 6.08 Å². The third-order valence-corrected chi connectivity index (χ3v) is 2.75. The first-order valence-electron chi connectivity index (χ1n) is 5.19.